The van der Waals surface area contributed by atoms with Crippen LogP contribution in [-0.4, -0.2) is 5.91 Å². The monoisotopic (exact) mass is 311 g/mol. The van der Waals surface area contributed by atoms with Crippen LogP contribution in [0.4, 0.5) is 14.5 Å². The number of rotatable bonds is 4. The Kier molecular flexibility index (Phi) is 4.33. The van der Waals surface area contributed by atoms with E-state index in [9.17, 15) is 13.6 Å². The maximum atomic E-state index is 13.5. The molecule has 0 bridgehead atoms. The predicted octanol–water partition coefficient (Wildman–Crippen LogP) is 4.69. The van der Waals surface area contributed by atoms with Gasteiger partial charge in [0.1, 0.15) is 11.6 Å². The van der Waals surface area contributed by atoms with Crippen molar-refractivity contribution < 1.29 is 13.6 Å². The first kappa shape index (κ1) is 15.2. The molecule has 0 aliphatic heterocycles. The summed E-state index contributed by atoms with van der Waals surface area (Å²) in [6.45, 7) is 0. The maximum Gasteiger partial charge on any atom is 0.224 e. The van der Waals surface area contributed by atoms with Crippen molar-refractivity contribution >= 4 is 22.4 Å². The quantitative estimate of drug-likeness (QED) is 0.744. The lowest BCUT2D eigenvalue weighted by atomic mass is 10.0. The third-order valence-electron chi connectivity index (χ3n) is 3.71. The predicted molar refractivity (Wildman–Crippen MR) is 87.3 cm³/mol. The largest absolute Gasteiger partial charge is 0.324 e. The summed E-state index contributed by atoms with van der Waals surface area (Å²) in [5, 5.41) is 4.70. The van der Waals surface area contributed by atoms with Gasteiger partial charge in [-0.1, -0.05) is 42.5 Å². The number of amides is 1. The van der Waals surface area contributed by atoms with E-state index in [1.807, 2.05) is 42.5 Å². The third kappa shape index (κ3) is 3.54. The number of nitrogens with one attached hydrogen (secondary N) is 1. The molecule has 116 valence electrons. The number of halogens is 2. The second-order valence-corrected chi connectivity index (χ2v) is 5.31. The zero-order valence-corrected chi connectivity index (χ0v) is 12.4. The number of fused-ring (bicyclic) bond motifs is 1. The van der Waals surface area contributed by atoms with Crippen molar-refractivity contribution in [1.29, 1.82) is 0 Å². The second kappa shape index (κ2) is 6.57. The molecule has 23 heavy (non-hydrogen) atoms. The van der Waals surface area contributed by atoms with E-state index < -0.39 is 11.6 Å². The zero-order valence-electron chi connectivity index (χ0n) is 12.4. The maximum absolute atomic E-state index is 13.5. The van der Waals surface area contributed by atoms with Gasteiger partial charge in [0.15, 0.2) is 0 Å². The van der Waals surface area contributed by atoms with Gasteiger partial charge in [-0.2, -0.15) is 0 Å². The number of anilines is 1. The molecule has 0 saturated heterocycles. The minimum absolute atomic E-state index is 0.00526. The van der Waals surface area contributed by atoms with Crippen LogP contribution in [0.25, 0.3) is 10.8 Å². The lowest BCUT2D eigenvalue weighted by Gasteiger charge is -2.08. The Morgan fingerprint density at radius 2 is 1.74 bits per heavy atom. The van der Waals surface area contributed by atoms with Crippen LogP contribution in [0, 0.1) is 11.6 Å². The Bertz CT molecular complexity index is 856. The molecule has 0 atom stereocenters. The van der Waals surface area contributed by atoms with Gasteiger partial charge < -0.3 is 5.32 Å². The van der Waals surface area contributed by atoms with Crippen molar-refractivity contribution in [3.05, 3.63) is 77.9 Å². The fourth-order valence-corrected chi connectivity index (χ4v) is 2.56. The highest BCUT2D eigenvalue weighted by atomic mass is 19.1. The van der Waals surface area contributed by atoms with Gasteiger partial charge in [0.05, 0.1) is 5.69 Å². The van der Waals surface area contributed by atoms with Crippen LogP contribution in [-0.2, 0) is 11.2 Å². The summed E-state index contributed by atoms with van der Waals surface area (Å²) in [4.78, 5) is 12.0. The van der Waals surface area contributed by atoms with Crippen molar-refractivity contribution in [1.82, 2.24) is 0 Å². The molecular formula is C19H15F2NO. The average molecular weight is 311 g/mol. The number of benzene rings is 3. The molecule has 0 aliphatic rings. The number of hydrogen-bond acceptors (Lipinski definition) is 1. The lowest BCUT2D eigenvalue weighted by Crippen LogP contribution is -2.13. The van der Waals surface area contributed by atoms with Crippen molar-refractivity contribution in [2.45, 2.75) is 12.8 Å². The van der Waals surface area contributed by atoms with E-state index in [0.717, 1.165) is 28.5 Å². The molecule has 0 radical (unpaired) electrons. The van der Waals surface area contributed by atoms with Crippen LogP contribution in [0.15, 0.2) is 60.7 Å². The molecule has 0 unspecified atom stereocenters. The molecule has 3 aromatic rings. The van der Waals surface area contributed by atoms with E-state index in [0.29, 0.717) is 6.42 Å². The molecule has 1 N–H and O–H groups in total. The Morgan fingerprint density at radius 1 is 0.957 bits per heavy atom. The molecule has 0 fully saturated rings. The van der Waals surface area contributed by atoms with E-state index in [-0.39, 0.29) is 18.0 Å². The summed E-state index contributed by atoms with van der Waals surface area (Å²) < 4.78 is 26.4. The van der Waals surface area contributed by atoms with Crippen LogP contribution in [0.1, 0.15) is 12.0 Å². The summed E-state index contributed by atoms with van der Waals surface area (Å²) in [6, 6.07) is 17.0. The molecule has 4 heteroatoms. The normalized spacial score (nSPS) is 10.7. The highest BCUT2D eigenvalue weighted by Crippen LogP contribution is 2.20. The van der Waals surface area contributed by atoms with Crippen LogP contribution < -0.4 is 5.32 Å². The van der Waals surface area contributed by atoms with Gasteiger partial charge in [0, 0.05) is 12.5 Å². The van der Waals surface area contributed by atoms with E-state index in [2.05, 4.69) is 5.32 Å². The number of carbonyl (C=O) groups excluding carboxylic acids is 1. The standard InChI is InChI=1S/C19H15F2NO/c20-15-9-10-18(17(21)12-15)22-19(23)11-8-14-6-3-5-13-4-1-2-7-16(13)14/h1-7,9-10,12H,8,11H2,(H,22,23). The Labute approximate surface area is 132 Å². The zero-order chi connectivity index (χ0) is 16.2. The van der Waals surface area contributed by atoms with Crippen molar-refractivity contribution in [2.24, 2.45) is 0 Å². The first-order valence-corrected chi connectivity index (χ1v) is 7.35. The number of hydrogen-bond donors (Lipinski definition) is 1. The smallest absolute Gasteiger partial charge is 0.224 e. The van der Waals surface area contributed by atoms with Gasteiger partial charge >= 0.3 is 0 Å². The number of aryl methyl sites for hydroxylation is 1. The van der Waals surface area contributed by atoms with Gasteiger partial charge in [-0.25, -0.2) is 8.78 Å². The summed E-state index contributed by atoms with van der Waals surface area (Å²) in [6.07, 6.45) is 0.779. The van der Waals surface area contributed by atoms with E-state index in [1.54, 1.807) is 0 Å². The highest BCUT2D eigenvalue weighted by Gasteiger charge is 2.09. The second-order valence-electron chi connectivity index (χ2n) is 5.31. The summed E-state index contributed by atoms with van der Waals surface area (Å²) in [7, 11) is 0. The molecule has 1 amide bonds. The molecule has 0 heterocycles. The number of carbonyl (C=O) groups is 1. The van der Waals surface area contributed by atoms with Gasteiger partial charge in [-0.15, -0.1) is 0 Å². The third-order valence-corrected chi connectivity index (χ3v) is 3.71. The Balaban J connectivity index is 1.69. The molecule has 3 aromatic carbocycles. The van der Waals surface area contributed by atoms with Gasteiger partial charge in [0.2, 0.25) is 5.91 Å². The summed E-state index contributed by atoms with van der Waals surface area (Å²) in [5.74, 6) is -1.75. The van der Waals surface area contributed by atoms with Crippen molar-refractivity contribution in [2.75, 3.05) is 5.32 Å². The fourth-order valence-electron chi connectivity index (χ4n) is 2.56. The Morgan fingerprint density at radius 3 is 2.57 bits per heavy atom. The molecule has 2 nitrogen and oxygen atoms in total. The SMILES string of the molecule is O=C(CCc1cccc2ccccc12)Nc1ccc(F)cc1F. The average Bonchev–Trinajstić information content (AvgIpc) is 2.55. The van der Waals surface area contributed by atoms with E-state index in [1.165, 1.54) is 6.07 Å². The molecular weight excluding hydrogens is 296 g/mol. The van der Waals surface area contributed by atoms with Gasteiger partial charge in [0.25, 0.3) is 0 Å². The summed E-state index contributed by atoms with van der Waals surface area (Å²) >= 11 is 0. The minimum Gasteiger partial charge on any atom is -0.324 e. The highest BCUT2D eigenvalue weighted by molar-refractivity contribution is 5.92. The van der Waals surface area contributed by atoms with Crippen LogP contribution in [0.5, 0.6) is 0 Å². The van der Waals surface area contributed by atoms with E-state index >= 15 is 0 Å². The van der Waals surface area contributed by atoms with Crippen molar-refractivity contribution in [3.63, 3.8) is 0 Å². The first-order chi connectivity index (χ1) is 11.1. The van der Waals surface area contributed by atoms with Crippen LogP contribution >= 0.6 is 0 Å². The topological polar surface area (TPSA) is 29.1 Å². The van der Waals surface area contributed by atoms with Gasteiger partial charge in [-0.05, 0) is 34.9 Å². The molecule has 3 rings (SSSR count). The fraction of sp³-hybridized carbons (Fsp3) is 0.105. The van der Waals surface area contributed by atoms with Crippen LogP contribution in [0.3, 0.4) is 0 Å². The van der Waals surface area contributed by atoms with E-state index in [4.69, 9.17) is 0 Å². The molecule has 0 spiro atoms. The lowest BCUT2D eigenvalue weighted by molar-refractivity contribution is -0.116. The molecule has 0 saturated carbocycles. The van der Waals surface area contributed by atoms with Crippen LogP contribution in [0.2, 0.25) is 0 Å². The Hall–Kier alpha value is -2.75. The molecule has 0 aliphatic carbocycles. The summed E-state index contributed by atoms with van der Waals surface area (Å²) in [5.41, 5.74) is 1.06. The van der Waals surface area contributed by atoms with Gasteiger partial charge in [-0.3, -0.25) is 4.79 Å². The first-order valence-electron chi connectivity index (χ1n) is 7.35. The minimum atomic E-state index is -0.775. The molecule has 0 aromatic heterocycles. The van der Waals surface area contributed by atoms with Crippen molar-refractivity contribution in [3.8, 4) is 0 Å².